The Morgan fingerprint density at radius 3 is 2.18 bits per heavy atom. The second-order valence-corrected chi connectivity index (χ2v) is 4.86. The lowest BCUT2D eigenvalue weighted by Gasteiger charge is -2.46. The maximum Gasteiger partial charge on any atom is 0.0331 e. The predicted octanol–water partition coefficient (Wildman–Crippen LogP) is 3.44. The molecule has 2 nitrogen and oxygen atoms in total. The van der Waals surface area contributed by atoms with E-state index in [1.807, 2.05) is 6.08 Å². The maximum atomic E-state index is 3.84. The largest absolute Gasteiger partial charge is 0.312 e. The van der Waals surface area contributed by atoms with Gasteiger partial charge in [-0.05, 0) is 45.8 Å². The maximum absolute atomic E-state index is 3.84. The summed E-state index contributed by atoms with van der Waals surface area (Å²) in [6.07, 6.45) is 5.48. The molecule has 0 rings (SSSR count). The Balaban J connectivity index is 4.87. The fourth-order valence-electron chi connectivity index (χ4n) is 2.80. The van der Waals surface area contributed by atoms with Crippen LogP contribution >= 0.6 is 0 Å². The van der Waals surface area contributed by atoms with Gasteiger partial charge in [-0.15, -0.1) is 6.58 Å². The van der Waals surface area contributed by atoms with Crippen molar-refractivity contribution < 1.29 is 0 Å². The Kier molecular flexibility index (Phi) is 8.53. The third-order valence-corrected chi connectivity index (χ3v) is 4.06. The van der Waals surface area contributed by atoms with Crippen molar-refractivity contribution in [1.82, 2.24) is 10.2 Å². The molecule has 0 fully saturated rings. The summed E-state index contributed by atoms with van der Waals surface area (Å²) >= 11 is 0. The molecule has 0 bridgehead atoms. The van der Waals surface area contributed by atoms with Gasteiger partial charge in [0.2, 0.25) is 0 Å². The highest BCUT2D eigenvalue weighted by atomic mass is 15.2. The molecule has 0 aromatic carbocycles. The van der Waals surface area contributed by atoms with Gasteiger partial charge in [-0.2, -0.15) is 0 Å². The molecule has 2 heteroatoms. The molecule has 0 saturated carbocycles. The van der Waals surface area contributed by atoms with Crippen molar-refractivity contribution >= 4 is 0 Å². The van der Waals surface area contributed by atoms with Crippen molar-refractivity contribution in [2.75, 3.05) is 19.6 Å². The highest BCUT2D eigenvalue weighted by Gasteiger charge is 2.35. The first-order valence-corrected chi connectivity index (χ1v) is 7.19. The number of rotatable bonds is 10. The highest BCUT2D eigenvalue weighted by molar-refractivity contribution is 4.96. The SMILES string of the molecule is C=CCCC(NCC)C(C)(CC)N(CC)CC. The van der Waals surface area contributed by atoms with Gasteiger partial charge in [0.25, 0.3) is 0 Å². The van der Waals surface area contributed by atoms with E-state index in [0.29, 0.717) is 6.04 Å². The summed E-state index contributed by atoms with van der Waals surface area (Å²) in [6.45, 7) is 18.5. The van der Waals surface area contributed by atoms with E-state index in [9.17, 15) is 0 Å². The molecule has 0 aromatic rings. The van der Waals surface area contributed by atoms with Crippen LogP contribution in [-0.4, -0.2) is 36.1 Å². The molecule has 0 aliphatic rings. The Hall–Kier alpha value is -0.340. The summed E-state index contributed by atoms with van der Waals surface area (Å²) in [5.74, 6) is 0. The van der Waals surface area contributed by atoms with Crippen molar-refractivity contribution in [1.29, 1.82) is 0 Å². The van der Waals surface area contributed by atoms with Crippen molar-refractivity contribution in [3.63, 3.8) is 0 Å². The van der Waals surface area contributed by atoms with Gasteiger partial charge in [0.05, 0.1) is 0 Å². The molecule has 0 saturated heterocycles. The van der Waals surface area contributed by atoms with Crippen LogP contribution in [0.1, 0.15) is 53.9 Å². The first kappa shape index (κ1) is 16.7. The van der Waals surface area contributed by atoms with Crippen LogP contribution in [-0.2, 0) is 0 Å². The fourth-order valence-corrected chi connectivity index (χ4v) is 2.80. The van der Waals surface area contributed by atoms with Crippen LogP contribution in [0.15, 0.2) is 12.7 Å². The van der Waals surface area contributed by atoms with E-state index in [4.69, 9.17) is 0 Å². The van der Waals surface area contributed by atoms with Gasteiger partial charge in [-0.25, -0.2) is 0 Å². The lowest BCUT2D eigenvalue weighted by molar-refractivity contribution is 0.0677. The van der Waals surface area contributed by atoms with Gasteiger partial charge in [0, 0.05) is 11.6 Å². The summed E-state index contributed by atoms with van der Waals surface area (Å²) in [5.41, 5.74) is 0.252. The van der Waals surface area contributed by atoms with Crippen LogP contribution in [0.2, 0.25) is 0 Å². The second kappa shape index (κ2) is 8.71. The normalized spacial score (nSPS) is 16.8. The second-order valence-electron chi connectivity index (χ2n) is 4.86. The number of nitrogens with zero attached hydrogens (tertiary/aromatic N) is 1. The van der Waals surface area contributed by atoms with Gasteiger partial charge in [0.1, 0.15) is 0 Å². The lowest BCUT2D eigenvalue weighted by Crippen LogP contribution is -2.59. The monoisotopic (exact) mass is 240 g/mol. The number of nitrogens with one attached hydrogen (secondary N) is 1. The quantitative estimate of drug-likeness (QED) is 0.588. The van der Waals surface area contributed by atoms with Crippen LogP contribution in [0, 0.1) is 0 Å². The first-order valence-electron chi connectivity index (χ1n) is 7.19. The molecule has 0 aliphatic carbocycles. The zero-order valence-corrected chi connectivity index (χ0v) is 12.6. The molecule has 0 radical (unpaired) electrons. The molecule has 0 aromatic heterocycles. The van der Waals surface area contributed by atoms with E-state index in [1.165, 1.54) is 12.8 Å². The molecule has 0 aliphatic heterocycles. The Labute approximate surface area is 108 Å². The highest BCUT2D eigenvalue weighted by Crippen LogP contribution is 2.26. The van der Waals surface area contributed by atoms with Crippen LogP contribution in [0.4, 0.5) is 0 Å². The summed E-state index contributed by atoms with van der Waals surface area (Å²) < 4.78 is 0. The smallest absolute Gasteiger partial charge is 0.0331 e. The van der Waals surface area contributed by atoms with E-state index in [0.717, 1.165) is 26.1 Å². The predicted molar refractivity (Wildman–Crippen MR) is 78.5 cm³/mol. The molecule has 0 heterocycles. The summed E-state index contributed by atoms with van der Waals surface area (Å²) in [5, 5.41) is 3.67. The van der Waals surface area contributed by atoms with Crippen LogP contribution in [0.5, 0.6) is 0 Å². The number of likely N-dealkylation sites (N-methyl/N-ethyl adjacent to an activating group) is 2. The molecular weight excluding hydrogens is 208 g/mol. The van der Waals surface area contributed by atoms with Crippen molar-refractivity contribution in [2.45, 2.75) is 65.5 Å². The number of hydrogen-bond acceptors (Lipinski definition) is 2. The Morgan fingerprint density at radius 2 is 1.82 bits per heavy atom. The molecule has 102 valence electrons. The summed E-state index contributed by atoms with van der Waals surface area (Å²) in [7, 11) is 0. The van der Waals surface area contributed by atoms with Crippen LogP contribution in [0.25, 0.3) is 0 Å². The van der Waals surface area contributed by atoms with Crippen molar-refractivity contribution in [2.24, 2.45) is 0 Å². The molecule has 2 unspecified atom stereocenters. The van der Waals surface area contributed by atoms with Gasteiger partial charge in [-0.3, -0.25) is 4.90 Å². The zero-order valence-electron chi connectivity index (χ0n) is 12.6. The van der Waals surface area contributed by atoms with Gasteiger partial charge >= 0.3 is 0 Å². The minimum absolute atomic E-state index is 0.252. The van der Waals surface area contributed by atoms with Crippen molar-refractivity contribution in [3.05, 3.63) is 12.7 Å². The standard InChI is InChI=1S/C15H32N2/c1-7-12-13-14(16-9-3)15(6,8-2)17(10-4)11-5/h7,14,16H,1,8-13H2,2-6H3. The van der Waals surface area contributed by atoms with Gasteiger partial charge in [0.15, 0.2) is 0 Å². The van der Waals surface area contributed by atoms with E-state index >= 15 is 0 Å². The summed E-state index contributed by atoms with van der Waals surface area (Å²) in [4.78, 5) is 2.59. The molecule has 2 atom stereocenters. The topological polar surface area (TPSA) is 15.3 Å². The zero-order chi connectivity index (χ0) is 13.3. The first-order chi connectivity index (χ1) is 8.10. The molecule has 1 N–H and O–H groups in total. The van der Waals surface area contributed by atoms with Crippen molar-refractivity contribution in [3.8, 4) is 0 Å². The van der Waals surface area contributed by atoms with E-state index in [-0.39, 0.29) is 5.54 Å². The Morgan fingerprint density at radius 1 is 1.24 bits per heavy atom. The van der Waals surface area contributed by atoms with Crippen LogP contribution < -0.4 is 5.32 Å². The van der Waals surface area contributed by atoms with E-state index < -0.39 is 0 Å². The van der Waals surface area contributed by atoms with E-state index in [1.54, 1.807) is 0 Å². The van der Waals surface area contributed by atoms with E-state index in [2.05, 4.69) is 51.4 Å². The van der Waals surface area contributed by atoms with Gasteiger partial charge < -0.3 is 5.32 Å². The third-order valence-electron chi connectivity index (χ3n) is 4.06. The lowest BCUT2D eigenvalue weighted by atomic mass is 9.84. The molecule has 0 amide bonds. The molecule has 17 heavy (non-hydrogen) atoms. The molecule has 0 spiro atoms. The minimum atomic E-state index is 0.252. The third kappa shape index (κ3) is 4.44. The molecular formula is C15H32N2. The number of allylic oxidation sites excluding steroid dienone is 1. The van der Waals surface area contributed by atoms with Crippen LogP contribution in [0.3, 0.4) is 0 Å². The Bertz CT molecular complexity index is 199. The van der Waals surface area contributed by atoms with Gasteiger partial charge in [-0.1, -0.05) is 33.8 Å². The summed E-state index contributed by atoms with van der Waals surface area (Å²) in [6, 6.07) is 0.551. The minimum Gasteiger partial charge on any atom is -0.312 e. The average molecular weight is 240 g/mol. The fraction of sp³-hybridized carbons (Fsp3) is 0.867. The number of hydrogen-bond donors (Lipinski definition) is 1. The average Bonchev–Trinajstić information content (AvgIpc) is 2.35.